The van der Waals surface area contributed by atoms with Crippen LogP contribution < -0.4 is 11.1 Å². The summed E-state index contributed by atoms with van der Waals surface area (Å²) in [7, 11) is 1.97. The summed E-state index contributed by atoms with van der Waals surface area (Å²) < 4.78 is 12.6. The Morgan fingerprint density at radius 2 is 2.33 bits per heavy atom. The van der Waals surface area contributed by atoms with Crippen LogP contribution in [-0.4, -0.2) is 24.8 Å². The van der Waals surface area contributed by atoms with Crippen LogP contribution in [0.1, 0.15) is 31.4 Å². The molecular weight excluding hydrogens is 268 g/mol. The van der Waals surface area contributed by atoms with Gasteiger partial charge < -0.3 is 14.5 Å². The van der Waals surface area contributed by atoms with Crippen molar-refractivity contribution in [3.63, 3.8) is 0 Å². The molecule has 114 valence electrons. The molecule has 1 fully saturated rings. The fourth-order valence-electron chi connectivity index (χ4n) is 3.28. The zero-order valence-corrected chi connectivity index (χ0v) is 12.6. The van der Waals surface area contributed by atoms with Crippen LogP contribution in [0.15, 0.2) is 27.4 Å². The Balaban J connectivity index is 1.97. The fraction of sp³-hybridized carbons (Fsp3) is 0.562. The summed E-state index contributed by atoms with van der Waals surface area (Å²) in [4.78, 5) is 11.8. The van der Waals surface area contributed by atoms with E-state index in [9.17, 15) is 4.79 Å². The van der Waals surface area contributed by atoms with Crippen molar-refractivity contribution in [1.29, 1.82) is 0 Å². The summed E-state index contributed by atoms with van der Waals surface area (Å²) in [5.41, 5.74) is 2.68. The first-order valence-corrected chi connectivity index (χ1v) is 7.63. The third-order valence-corrected chi connectivity index (χ3v) is 4.35. The number of nitrogens with one attached hydrogen (secondary N) is 1. The zero-order valence-electron chi connectivity index (χ0n) is 12.6. The molecule has 2 unspecified atom stereocenters. The number of hydrogen-bond donors (Lipinski definition) is 1. The number of oxazole rings is 1. The predicted molar refractivity (Wildman–Crippen MR) is 81.5 cm³/mol. The second-order valence-electron chi connectivity index (χ2n) is 5.58. The fourth-order valence-corrected chi connectivity index (χ4v) is 3.28. The van der Waals surface area contributed by atoms with Crippen molar-refractivity contribution in [2.75, 3.05) is 20.3 Å². The van der Waals surface area contributed by atoms with Gasteiger partial charge in [-0.25, -0.2) is 4.79 Å². The Hall–Kier alpha value is -1.59. The van der Waals surface area contributed by atoms with E-state index in [0.717, 1.165) is 37.1 Å². The van der Waals surface area contributed by atoms with E-state index in [2.05, 4.69) is 11.4 Å². The van der Waals surface area contributed by atoms with Crippen LogP contribution in [0.25, 0.3) is 11.1 Å². The molecule has 1 aliphatic rings. The van der Waals surface area contributed by atoms with Crippen molar-refractivity contribution in [2.24, 2.45) is 5.92 Å². The predicted octanol–water partition coefficient (Wildman–Crippen LogP) is 2.30. The molecule has 0 spiro atoms. The smallest absolute Gasteiger partial charge is 0.408 e. The average Bonchev–Trinajstić information content (AvgIpc) is 2.83. The van der Waals surface area contributed by atoms with Crippen molar-refractivity contribution < 1.29 is 9.15 Å². The number of nitrogens with zero attached hydrogens (tertiary/aromatic N) is 1. The Morgan fingerprint density at radius 1 is 1.48 bits per heavy atom. The van der Waals surface area contributed by atoms with Gasteiger partial charge in [0.1, 0.15) is 0 Å². The summed E-state index contributed by atoms with van der Waals surface area (Å²) in [6, 6.07) is 6.27. The van der Waals surface area contributed by atoms with Crippen LogP contribution >= 0.6 is 0 Å². The topological polar surface area (TPSA) is 56.4 Å². The third-order valence-electron chi connectivity index (χ3n) is 4.35. The van der Waals surface area contributed by atoms with Gasteiger partial charge in [0.15, 0.2) is 5.58 Å². The molecule has 1 aliphatic heterocycles. The van der Waals surface area contributed by atoms with Crippen LogP contribution in [-0.2, 0) is 11.3 Å². The highest BCUT2D eigenvalue weighted by Gasteiger charge is 2.25. The van der Waals surface area contributed by atoms with E-state index in [-0.39, 0.29) is 11.8 Å². The number of fused-ring (bicyclic) bond motifs is 1. The Morgan fingerprint density at radius 3 is 3.00 bits per heavy atom. The van der Waals surface area contributed by atoms with Gasteiger partial charge >= 0.3 is 5.76 Å². The lowest BCUT2D eigenvalue weighted by Crippen LogP contribution is -2.31. The highest BCUT2D eigenvalue weighted by molar-refractivity contribution is 5.74. The third kappa shape index (κ3) is 2.63. The highest BCUT2D eigenvalue weighted by atomic mass is 16.5. The van der Waals surface area contributed by atoms with Crippen molar-refractivity contribution >= 4 is 11.1 Å². The van der Waals surface area contributed by atoms with Crippen molar-refractivity contribution in [1.82, 2.24) is 9.88 Å². The molecule has 0 bridgehead atoms. The van der Waals surface area contributed by atoms with Gasteiger partial charge in [-0.1, -0.05) is 6.07 Å². The lowest BCUT2D eigenvalue weighted by atomic mass is 9.89. The minimum atomic E-state index is -0.286. The van der Waals surface area contributed by atoms with Gasteiger partial charge in [-0.05, 0) is 44.5 Å². The molecule has 21 heavy (non-hydrogen) atoms. The van der Waals surface area contributed by atoms with E-state index in [1.807, 2.05) is 26.1 Å². The van der Waals surface area contributed by atoms with Gasteiger partial charge in [0.2, 0.25) is 0 Å². The molecule has 1 aromatic carbocycles. The molecule has 2 atom stereocenters. The van der Waals surface area contributed by atoms with Crippen molar-refractivity contribution in [3.8, 4) is 0 Å². The lowest BCUT2D eigenvalue weighted by Gasteiger charge is -2.30. The van der Waals surface area contributed by atoms with E-state index in [0.29, 0.717) is 18.0 Å². The number of ether oxygens (including phenoxy) is 1. The number of benzene rings is 1. The van der Waals surface area contributed by atoms with Gasteiger partial charge in [0.05, 0.1) is 12.1 Å². The monoisotopic (exact) mass is 290 g/mol. The first-order valence-electron chi connectivity index (χ1n) is 7.63. The summed E-state index contributed by atoms with van der Waals surface area (Å²) in [5.74, 6) is 0.174. The highest BCUT2D eigenvalue weighted by Crippen LogP contribution is 2.30. The van der Waals surface area contributed by atoms with Gasteiger partial charge in [0.25, 0.3) is 0 Å². The van der Waals surface area contributed by atoms with Gasteiger partial charge in [-0.2, -0.15) is 0 Å². The quantitative estimate of drug-likeness (QED) is 0.938. The lowest BCUT2D eigenvalue weighted by molar-refractivity contribution is 0.0402. The van der Waals surface area contributed by atoms with Gasteiger partial charge in [-0.15, -0.1) is 0 Å². The van der Waals surface area contributed by atoms with E-state index in [1.54, 1.807) is 4.57 Å². The second-order valence-corrected chi connectivity index (χ2v) is 5.58. The SMILES string of the molecule is CCn1c(=O)oc2cc(C(NC)C3CCCOC3)ccc21. The molecule has 1 N–H and O–H groups in total. The zero-order chi connectivity index (χ0) is 14.8. The Labute approximate surface area is 123 Å². The second kappa shape index (κ2) is 6.03. The van der Waals surface area contributed by atoms with Crippen LogP contribution in [0.4, 0.5) is 0 Å². The molecular formula is C16H22N2O3. The van der Waals surface area contributed by atoms with Gasteiger partial charge in [0, 0.05) is 25.1 Å². The largest absolute Gasteiger partial charge is 0.419 e. The summed E-state index contributed by atoms with van der Waals surface area (Å²) >= 11 is 0. The average molecular weight is 290 g/mol. The van der Waals surface area contributed by atoms with Crippen LogP contribution in [0.3, 0.4) is 0 Å². The molecule has 2 heterocycles. The molecule has 0 amide bonds. The molecule has 5 nitrogen and oxygen atoms in total. The first kappa shape index (κ1) is 14.4. The molecule has 0 aliphatic carbocycles. The summed E-state index contributed by atoms with van der Waals surface area (Å²) in [6.45, 7) is 4.21. The summed E-state index contributed by atoms with van der Waals surface area (Å²) in [6.07, 6.45) is 2.26. The minimum Gasteiger partial charge on any atom is -0.408 e. The maximum atomic E-state index is 11.8. The normalized spacial score (nSPS) is 20.8. The Bertz CT molecular complexity index is 668. The van der Waals surface area contributed by atoms with Crippen molar-refractivity contribution in [2.45, 2.75) is 32.4 Å². The van der Waals surface area contributed by atoms with E-state index in [4.69, 9.17) is 9.15 Å². The van der Waals surface area contributed by atoms with E-state index in [1.165, 1.54) is 0 Å². The minimum absolute atomic E-state index is 0.227. The van der Waals surface area contributed by atoms with Crippen LogP contribution in [0.2, 0.25) is 0 Å². The maximum Gasteiger partial charge on any atom is 0.419 e. The molecule has 0 saturated carbocycles. The summed E-state index contributed by atoms with van der Waals surface area (Å²) in [5, 5.41) is 3.38. The Kier molecular flexibility index (Phi) is 4.12. The van der Waals surface area contributed by atoms with Gasteiger partial charge in [-0.3, -0.25) is 4.57 Å². The molecule has 0 radical (unpaired) electrons. The molecule has 1 saturated heterocycles. The number of hydrogen-bond acceptors (Lipinski definition) is 4. The molecule has 3 rings (SSSR count). The molecule has 2 aromatic rings. The molecule has 5 heteroatoms. The number of aromatic nitrogens is 1. The first-order chi connectivity index (χ1) is 10.2. The van der Waals surface area contributed by atoms with E-state index >= 15 is 0 Å². The number of rotatable bonds is 4. The van der Waals surface area contributed by atoms with Crippen LogP contribution in [0.5, 0.6) is 0 Å². The molecule has 1 aromatic heterocycles. The van der Waals surface area contributed by atoms with E-state index < -0.39 is 0 Å². The van der Waals surface area contributed by atoms with Crippen LogP contribution in [0, 0.1) is 5.92 Å². The maximum absolute atomic E-state index is 11.8. The standard InChI is InChI=1S/C16H22N2O3/c1-3-18-13-7-6-11(9-14(13)21-16(18)19)15(17-2)12-5-4-8-20-10-12/h6-7,9,12,15,17H,3-5,8,10H2,1-2H3. The van der Waals surface area contributed by atoms with Crippen molar-refractivity contribution in [3.05, 3.63) is 34.3 Å². The number of aryl methyl sites for hydroxylation is 1.